The molecule has 0 aromatic heterocycles. The quantitative estimate of drug-likeness (QED) is 0.567. The Morgan fingerprint density at radius 3 is 2.28 bits per heavy atom. The summed E-state index contributed by atoms with van der Waals surface area (Å²) in [5.41, 5.74) is 0.506. The van der Waals surface area contributed by atoms with Crippen molar-refractivity contribution in [1.29, 1.82) is 0 Å². The summed E-state index contributed by atoms with van der Waals surface area (Å²) in [6.45, 7) is 5.71. The van der Waals surface area contributed by atoms with E-state index < -0.39 is 0 Å². The number of allylic oxidation sites excluding steroid dienone is 1. The molecule has 0 aromatic rings. The van der Waals surface area contributed by atoms with Crippen LogP contribution in [0, 0.1) is 10.4 Å². The summed E-state index contributed by atoms with van der Waals surface area (Å²) in [7, 11) is 0. The molecule has 0 spiro atoms. The molecule has 0 saturated carbocycles. The molecule has 2 rings (SSSR count). The van der Waals surface area contributed by atoms with E-state index in [-0.39, 0.29) is 11.1 Å². The van der Waals surface area contributed by atoms with Crippen LogP contribution < -0.4 is 11.1 Å². The highest BCUT2D eigenvalue weighted by Gasteiger charge is 2.15. The van der Waals surface area contributed by atoms with E-state index in [1.165, 1.54) is 0 Å². The van der Waals surface area contributed by atoms with Gasteiger partial charge in [-0.05, 0) is 12.8 Å². The first-order valence-corrected chi connectivity index (χ1v) is 6.28. The van der Waals surface area contributed by atoms with Crippen LogP contribution in [0.2, 0.25) is 0 Å². The van der Waals surface area contributed by atoms with Crippen molar-refractivity contribution in [2.45, 2.75) is 39.0 Å². The van der Waals surface area contributed by atoms with E-state index in [4.69, 9.17) is 0 Å². The van der Waals surface area contributed by atoms with Gasteiger partial charge >= 0.3 is 0 Å². The van der Waals surface area contributed by atoms with Crippen molar-refractivity contribution in [2.75, 3.05) is 0 Å². The summed E-state index contributed by atoms with van der Waals surface area (Å²) >= 11 is 0. The fourth-order valence-corrected chi connectivity index (χ4v) is 2.23. The molecule has 2 aliphatic rings. The molecule has 18 heavy (non-hydrogen) atoms. The van der Waals surface area contributed by atoms with Crippen LogP contribution in [-0.4, -0.2) is 9.97 Å². The van der Waals surface area contributed by atoms with Gasteiger partial charge in [0.25, 0.3) is 11.1 Å². The molecule has 0 fully saturated rings. The molecule has 0 aromatic carbocycles. The summed E-state index contributed by atoms with van der Waals surface area (Å²) < 4.78 is 0. The Kier molecular flexibility index (Phi) is 3.65. The van der Waals surface area contributed by atoms with Gasteiger partial charge in [-0.15, -0.1) is 6.58 Å². The molecule has 0 radical (unpaired) electrons. The molecule has 4 heteroatoms. The lowest BCUT2D eigenvalue weighted by molar-refractivity contribution is 0.706. The Balaban J connectivity index is 2.51. The molecule has 2 aliphatic heterocycles. The third-order valence-electron chi connectivity index (χ3n) is 3.08. The maximum atomic E-state index is 11.8. The number of unbranched alkanes of at least 4 members (excludes halogenated alkanes) is 2. The molecule has 0 N–H and O–H groups in total. The molecule has 4 nitrogen and oxygen atoms in total. The minimum Gasteiger partial charge on any atom is -0.267 e. The predicted molar refractivity (Wildman–Crippen MR) is 69.4 cm³/mol. The second kappa shape index (κ2) is 5.21. The largest absolute Gasteiger partial charge is 0.279 e. The monoisotopic (exact) mass is 244 g/mol. The molecule has 0 atom stereocenters. The Bertz CT molecular complexity index is 694. The number of aryl methyl sites for hydroxylation is 1. The van der Waals surface area contributed by atoms with Gasteiger partial charge in [-0.25, -0.2) is 9.97 Å². The molecule has 0 aliphatic carbocycles. The topological polar surface area (TPSA) is 59.9 Å². The number of hydrogen-bond acceptors (Lipinski definition) is 4. The van der Waals surface area contributed by atoms with Gasteiger partial charge in [0.1, 0.15) is 0 Å². The van der Waals surface area contributed by atoms with Gasteiger partial charge < -0.3 is 0 Å². The van der Waals surface area contributed by atoms with E-state index in [2.05, 4.69) is 23.5 Å². The molecule has 0 bridgehead atoms. The van der Waals surface area contributed by atoms with Crippen LogP contribution in [0.5, 0.6) is 0 Å². The minimum absolute atomic E-state index is 0.317. The van der Waals surface area contributed by atoms with Gasteiger partial charge in [0.15, 0.2) is 0 Å². The van der Waals surface area contributed by atoms with Crippen molar-refractivity contribution in [1.82, 2.24) is 9.97 Å². The predicted octanol–water partition coefficient (Wildman–Crippen LogP) is 1.26. The summed E-state index contributed by atoms with van der Waals surface area (Å²) in [4.78, 5) is 31.6. The summed E-state index contributed by atoms with van der Waals surface area (Å²) in [5.74, 6) is 0. The van der Waals surface area contributed by atoms with Crippen LogP contribution in [0.15, 0.2) is 22.2 Å². The van der Waals surface area contributed by atoms with E-state index in [1.54, 1.807) is 6.08 Å². The first-order chi connectivity index (χ1) is 8.69. The third-order valence-corrected chi connectivity index (χ3v) is 3.08. The smallest absolute Gasteiger partial charge is 0.267 e. The van der Waals surface area contributed by atoms with Crippen molar-refractivity contribution in [3.8, 4) is 0 Å². The van der Waals surface area contributed by atoms with Gasteiger partial charge in [-0.1, -0.05) is 25.8 Å². The highest BCUT2D eigenvalue weighted by atomic mass is 16.1. The van der Waals surface area contributed by atoms with E-state index in [9.17, 15) is 9.59 Å². The highest BCUT2D eigenvalue weighted by molar-refractivity contribution is 5.23. The zero-order valence-corrected chi connectivity index (χ0v) is 10.5. The highest BCUT2D eigenvalue weighted by Crippen LogP contribution is 2.07. The van der Waals surface area contributed by atoms with E-state index in [0.29, 0.717) is 34.7 Å². The van der Waals surface area contributed by atoms with Gasteiger partial charge in [0.05, 0.1) is 21.8 Å². The standard InChI is InChI=1S/C14H16N2O2/c1-3-5-6-8-10-12-11(13(17)16-10)9(7-4-2)15-14(12)18/h4H,2-3,5-8H2,1H3. The molecular weight excluding hydrogens is 228 g/mol. The van der Waals surface area contributed by atoms with Crippen molar-refractivity contribution in [2.24, 2.45) is 0 Å². The third kappa shape index (κ3) is 2.10. The Labute approximate surface area is 105 Å². The van der Waals surface area contributed by atoms with Crippen molar-refractivity contribution >= 4 is 0 Å². The molecule has 0 saturated heterocycles. The Morgan fingerprint density at radius 1 is 1.06 bits per heavy atom. The van der Waals surface area contributed by atoms with Gasteiger partial charge in [0.2, 0.25) is 0 Å². The zero-order valence-electron chi connectivity index (χ0n) is 10.5. The number of rotatable bonds is 6. The SMILES string of the molecule is C=CCc1nc(=O)c2c(CCCCC)nc(=O)c1=2. The number of aromatic nitrogens is 2. The van der Waals surface area contributed by atoms with Crippen LogP contribution in [0.4, 0.5) is 0 Å². The number of hydrogen-bond donors (Lipinski definition) is 0. The van der Waals surface area contributed by atoms with Crippen molar-refractivity contribution in [3.05, 3.63) is 55.2 Å². The van der Waals surface area contributed by atoms with Crippen LogP contribution in [0.25, 0.3) is 0 Å². The first-order valence-electron chi connectivity index (χ1n) is 6.28. The van der Waals surface area contributed by atoms with Crippen LogP contribution in [0.1, 0.15) is 37.6 Å². The normalized spacial score (nSPS) is 11.2. The summed E-state index contributed by atoms with van der Waals surface area (Å²) in [5, 5.41) is 0.847. The van der Waals surface area contributed by atoms with E-state index in [1.807, 2.05) is 0 Å². The maximum Gasteiger partial charge on any atom is 0.279 e. The summed E-state index contributed by atoms with van der Waals surface area (Å²) in [6.07, 6.45) is 5.88. The first kappa shape index (κ1) is 12.6. The van der Waals surface area contributed by atoms with Crippen LogP contribution in [-0.2, 0) is 12.8 Å². The summed E-state index contributed by atoms with van der Waals surface area (Å²) in [6, 6.07) is 0. The molecule has 0 amide bonds. The molecule has 94 valence electrons. The van der Waals surface area contributed by atoms with E-state index >= 15 is 0 Å². The second-order valence-electron chi connectivity index (χ2n) is 4.43. The molecule has 0 unspecified atom stereocenters. The fourth-order valence-electron chi connectivity index (χ4n) is 2.23. The van der Waals surface area contributed by atoms with Crippen molar-refractivity contribution in [3.63, 3.8) is 0 Å². The molecule has 2 heterocycles. The lowest BCUT2D eigenvalue weighted by Crippen LogP contribution is -2.07. The maximum absolute atomic E-state index is 11.8. The van der Waals surface area contributed by atoms with Crippen LogP contribution in [0.3, 0.4) is 0 Å². The second-order valence-corrected chi connectivity index (χ2v) is 4.43. The van der Waals surface area contributed by atoms with Gasteiger partial charge in [0, 0.05) is 6.42 Å². The van der Waals surface area contributed by atoms with E-state index in [0.717, 1.165) is 19.3 Å². The Hall–Kier alpha value is -1.84. The minimum atomic E-state index is -0.317. The Morgan fingerprint density at radius 2 is 1.67 bits per heavy atom. The lowest BCUT2D eigenvalue weighted by atomic mass is 10.1. The van der Waals surface area contributed by atoms with Crippen molar-refractivity contribution < 1.29 is 0 Å². The number of nitrogens with zero attached hydrogens (tertiary/aromatic N) is 2. The van der Waals surface area contributed by atoms with Gasteiger partial charge in [-0.3, -0.25) is 9.59 Å². The fraction of sp³-hybridized carbons (Fsp3) is 0.429. The van der Waals surface area contributed by atoms with Crippen LogP contribution >= 0.6 is 0 Å². The molecular formula is C14H16N2O2. The average molecular weight is 244 g/mol. The van der Waals surface area contributed by atoms with Gasteiger partial charge in [-0.2, -0.15) is 0 Å². The zero-order chi connectivity index (χ0) is 13.1. The average Bonchev–Trinajstić information content (AvgIpc) is 2.82. The lowest BCUT2D eigenvalue weighted by Gasteiger charge is -1.94.